The summed E-state index contributed by atoms with van der Waals surface area (Å²) in [6, 6.07) is 5.23. The maximum Gasteiger partial charge on any atom is 0.405 e. The fourth-order valence-corrected chi connectivity index (χ4v) is 5.38. The zero-order valence-corrected chi connectivity index (χ0v) is 17.0. The molecule has 1 fully saturated rings. The SMILES string of the molecule is COc1cc(-c2cnn(C3CC3)c2)cc(S(=O)(=O)c2cnc(CNC(=O)O)s2)c1. The van der Waals surface area contributed by atoms with Crippen molar-refractivity contribution in [2.45, 2.75) is 34.5 Å². The zero-order chi connectivity index (χ0) is 20.6. The Balaban J connectivity index is 1.68. The van der Waals surface area contributed by atoms with Crippen LogP contribution in [0.4, 0.5) is 4.79 Å². The first-order valence-electron chi connectivity index (χ1n) is 8.77. The Labute approximate surface area is 170 Å². The summed E-state index contributed by atoms with van der Waals surface area (Å²) in [5, 5.41) is 15.6. The molecule has 0 atom stereocenters. The maximum atomic E-state index is 13.1. The van der Waals surface area contributed by atoms with Crippen LogP contribution < -0.4 is 10.1 Å². The lowest BCUT2D eigenvalue weighted by Crippen LogP contribution is -2.19. The van der Waals surface area contributed by atoms with Crippen molar-refractivity contribution in [1.82, 2.24) is 20.1 Å². The number of hydrogen-bond acceptors (Lipinski definition) is 7. The monoisotopic (exact) mass is 434 g/mol. The van der Waals surface area contributed by atoms with Gasteiger partial charge in [-0.15, -0.1) is 11.3 Å². The van der Waals surface area contributed by atoms with Crippen molar-refractivity contribution in [3.8, 4) is 16.9 Å². The highest BCUT2D eigenvalue weighted by Crippen LogP contribution is 2.37. The highest BCUT2D eigenvalue weighted by atomic mass is 32.2. The summed E-state index contributed by atoms with van der Waals surface area (Å²) in [7, 11) is -2.37. The molecule has 152 valence electrons. The number of nitrogens with one attached hydrogen (secondary N) is 1. The van der Waals surface area contributed by atoms with Crippen LogP contribution in [0.1, 0.15) is 23.9 Å². The fourth-order valence-electron chi connectivity index (χ4n) is 2.80. The van der Waals surface area contributed by atoms with Gasteiger partial charge in [0.1, 0.15) is 15.0 Å². The molecule has 1 aliphatic carbocycles. The lowest BCUT2D eigenvalue weighted by Gasteiger charge is -2.08. The van der Waals surface area contributed by atoms with Crippen molar-refractivity contribution in [3.63, 3.8) is 0 Å². The third-order valence-corrected chi connectivity index (χ3v) is 7.66. The Hall–Kier alpha value is -2.92. The number of methoxy groups -OCH3 is 1. The molecule has 0 radical (unpaired) electrons. The largest absolute Gasteiger partial charge is 0.497 e. The average molecular weight is 434 g/mol. The second-order valence-electron chi connectivity index (χ2n) is 6.57. The predicted molar refractivity (Wildman–Crippen MR) is 105 cm³/mol. The van der Waals surface area contributed by atoms with Crippen molar-refractivity contribution < 1.29 is 23.1 Å². The molecule has 2 heterocycles. The Morgan fingerprint density at radius 3 is 2.79 bits per heavy atom. The van der Waals surface area contributed by atoms with E-state index in [0.717, 1.165) is 29.7 Å². The summed E-state index contributed by atoms with van der Waals surface area (Å²) < 4.78 is 33.5. The van der Waals surface area contributed by atoms with Gasteiger partial charge in [0.25, 0.3) is 0 Å². The average Bonchev–Trinajstić information content (AvgIpc) is 3.24. The summed E-state index contributed by atoms with van der Waals surface area (Å²) in [6.07, 6.45) is 5.86. The number of hydrogen-bond donors (Lipinski definition) is 2. The number of amides is 1. The van der Waals surface area contributed by atoms with Crippen molar-refractivity contribution in [2.24, 2.45) is 0 Å². The maximum absolute atomic E-state index is 13.1. The first-order chi connectivity index (χ1) is 13.9. The molecule has 29 heavy (non-hydrogen) atoms. The van der Waals surface area contributed by atoms with Gasteiger partial charge in [-0.25, -0.2) is 18.2 Å². The van der Waals surface area contributed by atoms with E-state index in [4.69, 9.17) is 9.84 Å². The van der Waals surface area contributed by atoms with E-state index in [9.17, 15) is 13.2 Å². The van der Waals surface area contributed by atoms with Gasteiger partial charge in [0.2, 0.25) is 9.84 Å². The Kier molecular flexibility index (Phi) is 5.01. The Morgan fingerprint density at radius 1 is 1.31 bits per heavy atom. The van der Waals surface area contributed by atoms with Gasteiger partial charge in [0.05, 0.1) is 37.0 Å². The van der Waals surface area contributed by atoms with E-state index in [1.54, 1.807) is 18.3 Å². The minimum Gasteiger partial charge on any atom is -0.497 e. The molecule has 1 saturated carbocycles. The van der Waals surface area contributed by atoms with Gasteiger partial charge in [0.15, 0.2) is 0 Å². The third kappa shape index (κ3) is 4.10. The summed E-state index contributed by atoms with van der Waals surface area (Å²) in [4.78, 5) is 14.7. The van der Waals surface area contributed by atoms with E-state index in [1.807, 2.05) is 10.9 Å². The molecule has 0 unspecified atom stereocenters. The molecule has 2 N–H and O–H groups in total. The zero-order valence-electron chi connectivity index (χ0n) is 15.4. The van der Waals surface area contributed by atoms with Crippen LogP contribution in [0.5, 0.6) is 5.75 Å². The van der Waals surface area contributed by atoms with E-state index in [0.29, 0.717) is 22.4 Å². The van der Waals surface area contributed by atoms with Crippen molar-refractivity contribution in [1.29, 1.82) is 0 Å². The molecule has 4 rings (SSSR count). The highest BCUT2D eigenvalue weighted by Gasteiger charge is 2.26. The Morgan fingerprint density at radius 2 is 2.10 bits per heavy atom. The predicted octanol–water partition coefficient (Wildman–Crippen LogP) is 2.95. The van der Waals surface area contributed by atoms with Crippen molar-refractivity contribution in [3.05, 3.63) is 41.8 Å². The topological polar surface area (TPSA) is 123 Å². The van der Waals surface area contributed by atoms with Crippen LogP contribution in [0, 0.1) is 0 Å². The molecule has 0 spiro atoms. The van der Waals surface area contributed by atoms with Crippen LogP contribution >= 0.6 is 11.3 Å². The number of thiazole rings is 1. The van der Waals surface area contributed by atoms with Crippen LogP contribution in [-0.2, 0) is 16.4 Å². The number of sulfone groups is 1. The Bertz CT molecular complexity index is 1160. The smallest absolute Gasteiger partial charge is 0.405 e. The molecule has 1 aliphatic rings. The lowest BCUT2D eigenvalue weighted by molar-refractivity contribution is 0.194. The quantitative estimate of drug-likeness (QED) is 0.586. The second kappa shape index (κ2) is 7.48. The van der Waals surface area contributed by atoms with Crippen molar-refractivity contribution in [2.75, 3.05) is 7.11 Å². The number of rotatable bonds is 7. The van der Waals surface area contributed by atoms with Gasteiger partial charge in [-0.2, -0.15) is 5.10 Å². The second-order valence-corrected chi connectivity index (χ2v) is 9.86. The van der Waals surface area contributed by atoms with Gasteiger partial charge < -0.3 is 15.2 Å². The minimum atomic E-state index is -3.84. The van der Waals surface area contributed by atoms with Crippen LogP contribution in [0.3, 0.4) is 0 Å². The normalized spacial score (nSPS) is 14.0. The van der Waals surface area contributed by atoms with Crippen LogP contribution in [0.25, 0.3) is 11.1 Å². The molecular formula is C18H18N4O5S2. The molecule has 1 aromatic carbocycles. The van der Waals surface area contributed by atoms with E-state index in [1.165, 1.54) is 19.4 Å². The van der Waals surface area contributed by atoms with E-state index in [2.05, 4.69) is 15.4 Å². The summed E-state index contributed by atoms with van der Waals surface area (Å²) in [5.74, 6) is 0.414. The molecule has 2 aromatic heterocycles. The number of benzene rings is 1. The number of nitrogens with zero attached hydrogens (tertiary/aromatic N) is 3. The van der Waals surface area contributed by atoms with Gasteiger partial charge in [-0.1, -0.05) is 0 Å². The first-order valence-corrected chi connectivity index (χ1v) is 11.1. The van der Waals surface area contributed by atoms with E-state index >= 15 is 0 Å². The molecule has 9 nitrogen and oxygen atoms in total. The third-order valence-electron chi connectivity index (χ3n) is 4.47. The van der Waals surface area contributed by atoms with Crippen LogP contribution in [-0.4, -0.2) is 41.5 Å². The number of ether oxygens (including phenoxy) is 1. The molecule has 1 amide bonds. The molecule has 0 aliphatic heterocycles. The standard InChI is InChI=1S/C18H18N4O5S2/c1-27-14-4-11(12-7-21-22(10-12)13-2-3-13)5-15(6-14)29(25,26)17-9-19-16(28-17)8-20-18(23)24/h4-7,9-10,13,20H,2-3,8H2,1H3,(H,23,24). The first kappa shape index (κ1) is 19.4. The van der Waals surface area contributed by atoms with Gasteiger partial charge in [-0.3, -0.25) is 4.68 Å². The summed E-state index contributed by atoms with van der Waals surface area (Å²) in [6.45, 7) is -0.0563. The number of carbonyl (C=O) groups is 1. The molecule has 11 heteroatoms. The highest BCUT2D eigenvalue weighted by molar-refractivity contribution is 7.93. The van der Waals surface area contributed by atoms with Crippen LogP contribution in [0.2, 0.25) is 0 Å². The number of carboxylic acid groups (broad SMARTS) is 1. The lowest BCUT2D eigenvalue weighted by atomic mass is 10.1. The fraction of sp³-hybridized carbons (Fsp3) is 0.278. The summed E-state index contributed by atoms with van der Waals surface area (Å²) in [5.41, 5.74) is 1.50. The van der Waals surface area contributed by atoms with Crippen molar-refractivity contribution >= 4 is 27.3 Å². The minimum absolute atomic E-state index is 0.0348. The van der Waals surface area contributed by atoms with Gasteiger partial charge in [-0.05, 0) is 36.6 Å². The van der Waals surface area contributed by atoms with Gasteiger partial charge in [0, 0.05) is 11.8 Å². The summed E-state index contributed by atoms with van der Waals surface area (Å²) >= 11 is 0.926. The van der Waals surface area contributed by atoms with E-state index in [-0.39, 0.29) is 15.6 Å². The molecule has 3 aromatic rings. The van der Waals surface area contributed by atoms with E-state index < -0.39 is 15.9 Å². The molecule has 0 saturated heterocycles. The molecular weight excluding hydrogens is 416 g/mol. The number of aromatic nitrogens is 3. The molecule has 0 bridgehead atoms. The van der Waals surface area contributed by atoms with Gasteiger partial charge >= 0.3 is 6.09 Å². The van der Waals surface area contributed by atoms with Crippen LogP contribution in [0.15, 0.2) is 45.9 Å².